The molecule has 1 fully saturated rings. The van der Waals surface area contributed by atoms with Crippen LogP contribution in [0, 0.1) is 5.82 Å². The summed E-state index contributed by atoms with van der Waals surface area (Å²) in [4.78, 5) is 21.1. The number of amides is 1. The molecule has 3 aromatic rings. The predicted octanol–water partition coefficient (Wildman–Crippen LogP) is 2.59. The molecule has 0 saturated carbocycles. The van der Waals surface area contributed by atoms with E-state index in [0.29, 0.717) is 35.4 Å². The molecule has 8 heteroatoms. The molecule has 1 aromatic carbocycles. The highest BCUT2D eigenvalue weighted by Gasteiger charge is 2.26. The van der Waals surface area contributed by atoms with Crippen molar-refractivity contribution in [2.24, 2.45) is 0 Å². The maximum atomic E-state index is 13.3. The van der Waals surface area contributed by atoms with Crippen molar-refractivity contribution in [2.75, 3.05) is 26.2 Å². The lowest BCUT2D eigenvalue weighted by Gasteiger charge is -2.34. The summed E-state index contributed by atoms with van der Waals surface area (Å²) in [5.74, 6) is -0.325. The van der Waals surface area contributed by atoms with Crippen LogP contribution in [-0.4, -0.2) is 56.5 Å². The Morgan fingerprint density at radius 1 is 1.19 bits per heavy atom. The van der Waals surface area contributed by atoms with Crippen LogP contribution in [0.4, 0.5) is 4.39 Å². The Morgan fingerprint density at radius 3 is 2.73 bits per heavy atom. The van der Waals surface area contributed by atoms with Crippen LogP contribution in [0.3, 0.4) is 0 Å². The number of halogens is 2. The van der Waals surface area contributed by atoms with Crippen molar-refractivity contribution >= 4 is 27.5 Å². The molecule has 2 aromatic heterocycles. The van der Waals surface area contributed by atoms with Gasteiger partial charge in [-0.2, -0.15) is 5.10 Å². The van der Waals surface area contributed by atoms with Gasteiger partial charge in [-0.3, -0.25) is 9.69 Å². The average molecular weight is 418 g/mol. The molecule has 1 saturated heterocycles. The molecule has 0 atom stereocenters. The van der Waals surface area contributed by atoms with E-state index < -0.39 is 0 Å². The van der Waals surface area contributed by atoms with Crippen molar-refractivity contribution in [2.45, 2.75) is 6.54 Å². The number of piperazine rings is 1. The van der Waals surface area contributed by atoms with Gasteiger partial charge < -0.3 is 4.90 Å². The fraction of sp³-hybridized carbons (Fsp3) is 0.278. The Labute approximate surface area is 158 Å². The lowest BCUT2D eigenvalue weighted by molar-refractivity contribution is 0.0621. The highest BCUT2D eigenvalue weighted by molar-refractivity contribution is 9.10. The minimum Gasteiger partial charge on any atom is -0.335 e. The van der Waals surface area contributed by atoms with Gasteiger partial charge in [0.2, 0.25) is 0 Å². The molecule has 0 N–H and O–H groups in total. The number of hydrogen-bond donors (Lipinski definition) is 0. The van der Waals surface area contributed by atoms with Crippen LogP contribution in [0.2, 0.25) is 0 Å². The summed E-state index contributed by atoms with van der Waals surface area (Å²) in [6.45, 7) is 3.39. The molecule has 1 amide bonds. The van der Waals surface area contributed by atoms with Crippen LogP contribution in [0.5, 0.6) is 0 Å². The van der Waals surface area contributed by atoms with E-state index in [1.807, 2.05) is 6.07 Å². The van der Waals surface area contributed by atoms with E-state index in [9.17, 15) is 9.18 Å². The molecule has 0 aliphatic carbocycles. The first-order valence-corrected chi connectivity index (χ1v) is 9.16. The SMILES string of the molecule is O=C(c1nn2cccnc2c1Br)N1CCN(Cc2cccc(F)c2)CC1. The number of nitrogens with zero attached hydrogens (tertiary/aromatic N) is 5. The summed E-state index contributed by atoms with van der Waals surface area (Å²) in [5.41, 5.74) is 1.95. The van der Waals surface area contributed by atoms with Crippen molar-refractivity contribution in [1.82, 2.24) is 24.4 Å². The fourth-order valence-electron chi connectivity index (χ4n) is 3.15. The van der Waals surface area contributed by atoms with Gasteiger partial charge in [-0.25, -0.2) is 13.9 Å². The summed E-state index contributed by atoms with van der Waals surface area (Å²) in [6, 6.07) is 8.41. The van der Waals surface area contributed by atoms with E-state index in [1.54, 1.807) is 40.0 Å². The van der Waals surface area contributed by atoms with Gasteiger partial charge in [0.15, 0.2) is 11.3 Å². The molecule has 0 spiro atoms. The van der Waals surface area contributed by atoms with E-state index in [2.05, 4.69) is 30.9 Å². The molecule has 1 aliphatic heterocycles. The largest absolute Gasteiger partial charge is 0.335 e. The summed E-state index contributed by atoms with van der Waals surface area (Å²) >= 11 is 3.44. The molecule has 0 bridgehead atoms. The van der Waals surface area contributed by atoms with E-state index in [4.69, 9.17) is 0 Å². The molecule has 1 aliphatic rings. The zero-order valence-electron chi connectivity index (χ0n) is 14.0. The molecule has 4 rings (SSSR count). The fourth-order valence-corrected chi connectivity index (χ4v) is 3.68. The average Bonchev–Trinajstić information content (AvgIpc) is 2.99. The van der Waals surface area contributed by atoms with Crippen molar-refractivity contribution in [1.29, 1.82) is 0 Å². The van der Waals surface area contributed by atoms with Gasteiger partial charge >= 0.3 is 0 Å². The van der Waals surface area contributed by atoms with Crippen LogP contribution in [-0.2, 0) is 6.54 Å². The van der Waals surface area contributed by atoms with Crippen molar-refractivity contribution in [3.05, 3.63) is 64.3 Å². The van der Waals surface area contributed by atoms with Gasteiger partial charge in [-0.15, -0.1) is 0 Å². The Hall–Kier alpha value is -2.32. The zero-order chi connectivity index (χ0) is 18.1. The topological polar surface area (TPSA) is 53.7 Å². The van der Waals surface area contributed by atoms with Crippen molar-refractivity contribution in [3.8, 4) is 0 Å². The number of benzene rings is 1. The third kappa shape index (κ3) is 3.34. The lowest BCUT2D eigenvalue weighted by Crippen LogP contribution is -2.48. The van der Waals surface area contributed by atoms with Crippen molar-refractivity contribution in [3.63, 3.8) is 0 Å². The summed E-state index contributed by atoms with van der Waals surface area (Å²) < 4.78 is 15.5. The normalized spacial score (nSPS) is 15.5. The van der Waals surface area contributed by atoms with Gasteiger partial charge in [0.1, 0.15) is 5.82 Å². The van der Waals surface area contributed by atoms with Crippen LogP contribution in [0.15, 0.2) is 47.2 Å². The maximum Gasteiger partial charge on any atom is 0.275 e. The van der Waals surface area contributed by atoms with Crippen LogP contribution in [0.1, 0.15) is 16.1 Å². The van der Waals surface area contributed by atoms with Crippen LogP contribution < -0.4 is 0 Å². The third-order valence-electron chi connectivity index (χ3n) is 4.50. The van der Waals surface area contributed by atoms with Gasteiger partial charge in [0, 0.05) is 45.1 Å². The second-order valence-corrected chi connectivity index (χ2v) is 7.04. The summed E-state index contributed by atoms with van der Waals surface area (Å²) in [6.07, 6.45) is 3.43. The minimum absolute atomic E-state index is 0.104. The smallest absolute Gasteiger partial charge is 0.275 e. The molecule has 0 radical (unpaired) electrons. The minimum atomic E-state index is -0.221. The quantitative estimate of drug-likeness (QED) is 0.657. The molecule has 134 valence electrons. The molecule has 26 heavy (non-hydrogen) atoms. The lowest BCUT2D eigenvalue weighted by atomic mass is 10.2. The van der Waals surface area contributed by atoms with E-state index in [-0.39, 0.29) is 11.7 Å². The predicted molar refractivity (Wildman–Crippen MR) is 98.3 cm³/mol. The van der Waals surface area contributed by atoms with Gasteiger partial charge in [-0.1, -0.05) is 12.1 Å². The van der Waals surface area contributed by atoms with Crippen molar-refractivity contribution < 1.29 is 9.18 Å². The highest BCUT2D eigenvalue weighted by atomic mass is 79.9. The molecular weight excluding hydrogens is 401 g/mol. The number of fused-ring (bicyclic) bond motifs is 1. The number of carbonyl (C=O) groups excluding carboxylic acids is 1. The van der Waals surface area contributed by atoms with Gasteiger partial charge in [0.25, 0.3) is 5.91 Å². The number of carbonyl (C=O) groups is 1. The van der Waals surface area contributed by atoms with E-state index in [1.165, 1.54) is 6.07 Å². The highest BCUT2D eigenvalue weighted by Crippen LogP contribution is 2.22. The first-order valence-electron chi connectivity index (χ1n) is 8.37. The third-order valence-corrected chi connectivity index (χ3v) is 5.23. The Bertz CT molecular complexity index is 952. The monoisotopic (exact) mass is 417 g/mol. The van der Waals surface area contributed by atoms with E-state index in [0.717, 1.165) is 18.7 Å². The summed E-state index contributed by atoms with van der Waals surface area (Å²) in [7, 11) is 0. The summed E-state index contributed by atoms with van der Waals surface area (Å²) in [5, 5.41) is 4.34. The zero-order valence-corrected chi connectivity index (χ0v) is 15.6. The number of rotatable bonds is 3. The maximum absolute atomic E-state index is 13.3. The van der Waals surface area contributed by atoms with E-state index >= 15 is 0 Å². The number of aromatic nitrogens is 3. The Morgan fingerprint density at radius 2 is 2.00 bits per heavy atom. The Kier molecular flexibility index (Phi) is 4.69. The first kappa shape index (κ1) is 17.1. The van der Waals surface area contributed by atoms with Gasteiger partial charge in [-0.05, 0) is 39.7 Å². The molecular formula is C18H17BrFN5O. The Balaban J connectivity index is 1.42. The van der Waals surface area contributed by atoms with Crippen LogP contribution >= 0.6 is 15.9 Å². The molecule has 3 heterocycles. The standard InChI is InChI=1S/C18H17BrFN5O/c19-15-16(22-25-6-2-5-21-17(15)25)18(26)24-9-7-23(8-10-24)12-13-3-1-4-14(20)11-13/h1-6,11H,7-10,12H2. The van der Waals surface area contributed by atoms with Gasteiger partial charge in [0.05, 0.1) is 4.47 Å². The first-order chi connectivity index (χ1) is 12.6. The molecule has 0 unspecified atom stereocenters. The van der Waals surface area contributed by atoms with Crippen LogP contribution in [0.25, 0.3) is 5.65 Å². The second-order valence-electron chi connectivity index (χ2n) is 6.25. The molecule has 6 nitrogen and oxygen atoms in total. The number of hydrogen-bond acceptors (Lipinski definition) is 4. The second kappa shape index (κ2) is 7.13.